The van der Waals surface area contributed by atoms with Crippen molar-refractivity contribution in [2.24, 2.45) is 11.8 Å². The van der Waals surface area contributed by atoms with Crippen molar-refractivity contribution in [2.45, 2.75) is 84.2 Å². The van der Waals surface area contributed by atoms with E-state index in [1.807, 2.05) is 0 Å². The van der Waals surface area contributed by atoms with Crippen LogP contribution < -0.4 is 0 Å². The largest absolute Gasteiger partial charge is 0.393 e. The van der Waals surface area contributed by atoms with Crippen LogP contribution in [0.15, 0.2) is 0 Å². The van der Waals surface area contributed by atoms with Crippen molar-refractivity contribution in [3.05, 3.63) is 0 Å². The third-order valence-electron chi connectivity index (χ3n) is 4.30. The molecule has 1 fully saturated rings. The summed E-state index contributed by atoms with van der Waals surface area (Å²) in [6, 6.07) is 0. The van der Waals surface area contributed by atoms with Gasteiger partial charge in [0.2, 0.25) is 0 Å². The van der Waals surface area contributed by atoms with Gasteiger partial charge in [0.05, 0.1) is 6.10 Å². The van der Waals surface area contributed by atoms with Crippen LogP contribution in [0, 0.1) is 11.8 Å². The molecule has 1 aliphatic rings. The minimum atomic E-state index is -0.00169. The zero-order chi connectivity index (χ0) is 11.8. The number of rotatable bonds is 6. The van der Waals surface area contributed by atoms with Crippen molar-refractivity contribution >= 4 is 0 Å². The molecule has 0 spiro atoms. The van der Waals surface area contributed by atoms with Crippen LogP contribution in [-0.2, 0) is 0 Å². The quantitative estimate of drug-likeness (QED) is 0.660. The van der Waals surface area contributed by atoms with Crippen LogP contribution in [0.1, 0.15) is 78.1 Å². The Hall–Kier alpha value is -0.0400. The fraction of sp³-hybridized carbons (Fsp3) is 1.00. The molecule has 0 saturated heterocycles. The van der Waals surface area contributed by atoms with Crippen molar-refractivity contribution in [3.63, 3.8) is 0 Å². The predicted molar refractivity (Wildman–Crippen MR) is 70.5 cm³/mol. The van der Waals surface area contributed by atoms with E-state index in [4.69, 9.17) is 0 Å². The van der Waals surface area contributed by atoms with Gasteiger partial charge in [0.15, 0.2) is 0 Å². The van der Waals surface area contributed by atoms with Gasteiger partial charge in [0, 0.05) is 0 Å². The van der Waals surface area contributed by atoms with Gasteiger partial charge < -0.3 is 5.11 Å². The Morgan fingerprint density at radius 2 is 1.88 bits per heavy atom. The minimum Gasteiger partial charge on any atom is -0.393 e. The summed E-state index contributed by atoms with van der Waals surface area (Å²) in [4.78, 5) is 0. The highest BCUT2D eigenvalue weighted by molar-refractivity contribution is 4.75. The second-order valence-corrected chi connectivity index (χ2v) is 5.62. The molecule has 3 atom stereocenters. The zero-order valence-corrected chi connectivity index (χ0v) is 11.3. The molecular formula is C15H30O. The van der Waals surface area contributed by atoms with Crippen LogP contribution in [0.3, 0.4) is 0 Å². The van der Waals surface area contributed by atoms with Gasteiger partial charge in [-0.2, -0.15) is 0 Å². The third-order valence-corrected chi connectivity index (χ3v) is 4.30. The second-order valence-electron chi connectivity index (χ2n) is 5.62. The van der Waals surface area contributed by atoms with Crippen LogP contribution in [0.2, 0.25) is 0 Å². The van der Waals surface area contributed by atoms with Crippen molar-refractivity contribution in [2.75, 3.05) is 0 Å². The number of hydrogen-bond acceptors (Lipinski definition) is 1. The molecule has 0 aromatic carbocycles. The van der Waals surface area contributed by atoms with Crippen LogP contribution in [0.25, 0.3) is 0 Å². The lowest BCUT2D eigenvalue weighted by atomic mass is 9.84. The molecule has 1 N–H and O–H groups in total. The molecule has 1 nitrogen and oxygen atoms in total. The van der Waals surface area contributed by atoms with E-state index < -0.39 is 0 Å². The maximum atomic E-state index is 10.1. The molecule has 1 rings (SSSR count). The van der Waals surface area contributed by atoms with Gasteiger partial charge in [-0.3, -0.25) is 0 Å². The van der Waals surface area contributed by atoms with Gasteiger partial charge in [0.25, 0.3) is 0 Å². The maximum absolute atomic E-state index is 10.1. The van der Waals surface area contributed by atoms with E-state index in [1.165, 1.54) is 57.8 Å². The summed E-state index contributed by atoms with van der Waals surface area (Å²) in [5.74, 6) is 1.46. The Balaban J connectivity index is 2.35. The second kappa shape index (κ2) is 8.11. The number of aliphatic hydroxyl groups is 1. The Bertz CT molecular complexity index is 167. The fourth-order valence-electron chi connectivity index (χ4n) is 3.05. The molecule has 3 unspecified atom stereocenters. The highest BCUT2D eigenvalue weighted by Gasteiger charge is 2.23. The lowest BCUT2D eigenvalue weighted by molar-refractivity contribution is 0.0838. The summed E-state index contributed by atoms with van der Waals surface area (Å²) in [5.41, 5.74) is 0. The van der Waals surface area contributed by atoms with Crippen LogP contribution in [0.4, 0.5) is 0 Å². The molecule has 0 heterocycles. The molecule has 1 saturated carbocycles. The fourth-order valence-corrected chi connectivity index (χ4v) is 3.05. The van der Waals surface area contributed by atoms with Gasteiger partial charge in [-0.15, -0.1) is 0 Å². The number of hydrogen-bond donors (Lipinski definition) is 1. The zero-order valence-electron chi connectivity index (χ0n) is 11.3. The Kier molecular flexibility index (Phi) is 7.11. The van der Waals surface area contributed by atoms with E-state index in [0.717, 1.165) is 12.3 Å². The van der Waals surface area contributed by atoms with Crippen LogP contribution >= 0.6 is 0 Å². The standard InChI is InChI=1S/C15H30O/c1-3-5-9-13(4-2)12-14-10-7-6-8-11-15(14)16/h13-16H,3-12H2,1-2H3. The molecule has 0 aromatic heterocycles. The average Bonchev–Trinajstić information content (AvgIpc) is 2.50. The maximum Gasteiger partial charge on any atom is 0.0568 e. The highest BCUT2D eigenvalue weighted by atomic mass is 16.3. The SMILES string of the molecule is CCCCC(CC)CC1CCCCCC1O. The van der Waals surface area contributed by atoms with Crippen molar-refractivity contribution in [3.8, 4) is 0 Å². The van der Waals surface area contributed by atoms with Gasteiger partial charge in [-0.25, -0.2) is 0 Å². The summed E-state index contributed by atoms with van der Waals surface area (Å²) in [6.45, 7) is 4.58. The van der Waals surface area contributed by atoms with Gasteiger partial charge in [-0.1, -0.05) is 58.8 Å². The lowest BCUT2D eigenvalue weighted by Crippen LogP contribution is -2.21. The first-order chi connectivity index (χ1) is 7.77. The molecule has 0 radical (unpaired) electrons. The van der Waals surface area contributed by atoms with Gasteiger partial charge in [0.1, 0.15) is 0 Å². The molecule has 1 heteroatoms. The van der Waals surface area contributed by atoms with Crippen molar-refractivity contribution in [1.29, 1.82) is 0 Å². The first kappa shape index (κ1) is 14.0. The van der Waals surface area contributed by atoms with Crippen molar-refractivity contribution in [1.82, 2.24) is 0 Å². The van der Waals surface area contributed by atoms with E-state index >= 15 is 0 Å². The molecular weight excluding hydrogens is 196 g/mol. The topological polar surface area (TPSA) is 20.2 Å². The van der Waals surface area contributed by atoms with E-state index in [0.29, 0.717) is 5.92 Å². The number of aliphatic hydroxyl groups excluding tert-OH is 1. The van der Waals surface area contributed by atoms with Crippen LogP contribution in [-0.4, -0.2) is 11.2 Å². The first-order valence-corrected chi connectivity index (χ1v) is 7.46. The average molecular weight is 226 g/mol. The van der Waals surface area contributed by atoms with E-state index in [9.17, 15) is 5.11 Å². The molecule has 16 heavy (non-hydrogen) atoms. The van der Waals surface area contributed by atoms with Gasteiger partial charge in [-0.05, 0) is 31.1 Å². The van der Waals surface area contributed by atoms with E-state index in [1.54, 1.807) is 0 Å². The highest BCUT2D eigenvalue weighted by Crippen LogP contribution is 2.31. The van der Waals surface area contributed by atoms with Crippen molar-refractivity contribution < 1.29 is 5.11 Å². The molecule has 0 aromatic rings. The van der Waals surface area contributed by atoms with E-state index in [2.05, 4.69) is 13.8 Å². The molecule has 96 valence electrons. The Morgan fingerprint density at radius 3 is 2.56 bits per heavy atom. The van der Waals surface area contributed by atoms with E-state index in [-0.39, 0.29) is 6.10 Å². The lowest BCUT2D eigenvalue weighted by Gasteiger charge is -2.25. The van der Waals surface area contributed by atoms with Gasteiger partial charge >= 0.3 is 0 Å². The molecule has 0 bridgehead atoms. The Labute approximate surface area is 102 Å². The monoisotopic (exact) mass is 226 g/mol. The third kappa shape index (κ3) is 4.86. The summed E-state index contributed by atoms with van der Waals surface area (Å²) in [7, 11) is 0. The summed E-state index contributed by atoms with van der Waals surface area (Å²) in [5, 5.41) is 10.1. The summed E-state index contributed by atoms with van der Waals surface area (Å²) < 4.78 is 0. The molecule has 0 amide bonds. The Morgan fingerprint density at radius 1 is 1.12 bits per heavy atom. The molecule has 0 aliphatic heterocycles. The smallest absolute Gasteiger partial charge is 0.0568 e. The predicted octanol–water partition coefficient (Wildman–Crippen LogP) is 4.53. The van der Waals surface area contributed by atoms with Crippen LogP contribution in [0.5, 0.6) is 0 Å². The minimum absolute atomic E-state index is 0.00169. The normalized spacial score (nSPS) is 28.7. The number of unbranched alkanes of at least 4 members (excludes halogenated alkanes) is 1. The molecule has 1 aliphatic carbocycles. The summed E-state index contributed by atoms with van der Waals surface area (Å²) in [6.07, 6.45) is 12.8. The first-order valence-electron chi connectivity index (χ1n) is 7.46. The summed E-state index contributed by atoms with van der Waals surface area (Å²) >= 11 is 0.